The molecule has 2 nitrogen and oxygen atoms in total. The summed E-state index contributed by atoms with van der Waals surface area (Å²) in [6, 6.07) is 6.35. The molecule has 14 heavy (non-hydrogen) atoms. The Morgan fingerprint density at radius 3 is 2.50 bits per heavy atom. The maximum atomic E-state index is 4.31. The van der Waals surface area contributed by atoms with Gasteiger partial charge < -0.3 is 0 Å². The lowest BCUT2D eigenvalue weighted by molar-refractivity contribution is 0.578. The summed E-state index contributed by atoms with van der Waals surface area (Å²) < 4.78 is 2.00. The molecule has 0 saturated heterocycles. The fourth-order valence-corrected chi connectivity index (χ4v) is 1.92. The SMILES string of the molecule is Cc1c(C(C)(C)C)ccc2ccnn12. The van der Waals surface area contributed by atoms with Gasteiger partial charge in [-0.3, -0.25) is 0 Å². The van der Waals surface area contributed by atoms with Crippen LogP contribution in [0.25, 0.3) is 5.52 Å². The van der Waals surface area contributed by atoms with E-state index in [4.69, 9.17) is 0 Å². The van der Waals surface area contributed by atoms with Crippen molar-refractivity contribution in [1.82, 2.24) is 9.61 Å². The maximum absolute atomic E-state index is 4.31. The van der Waals surface area contributed by atoms with E-state index in [1.807, 2.05) is 16.8 Å². The molecule has 74 valence electrons. The van der Waals surface area contributed by atoms with E-state index in [-0.39, 0.29) is 5.41 Å². The molecule has 2 heteroatoms. The predicted molar refractivity (Wildman–Crippen MR) is 58.6 cm³/mol. The van der Waals surface area contributed by atoms with Gasteiger partial charge >= 0.3 is 0 Å². The number of aromatic nitrogens is 2. The van der Waals surface area contributed by atoms with Gasteiger partial charge in [0.1, 0.15) is 0 Å². The normalized spacial score (nSPS) is 12.3. The van der Waals surface area contributed by atoms with Crippen LogP contribution in [0.1, 0.15) is 32.0 Å². The lowest BCUT2D eigenvalue weighted by Gasteiger charge is -2.21. The Morgan fingerprint density at radius 1 is 1.14 bits per heavy atom. The number of rotatable bonds is 0. The van der Waals surface area contributed by atoms with Gasteiger partial charge in [0.25, 0.3) is 0 Å². The molecule has 2 aromatic heterocycles. The highest BCUT2D eigenvalue weighted by molar-refractivity contribution is 5.49. The topological polar surface area (TPSA) is 17.3 Å². The van der Waals surface area contributed by atoms with Crippen LogP contribution >= 0.6 is 0 Å². The van der Waals surface area contributed by atoms with E-state index >= 15 is 0 Å². The van der Waals surface area contributed by atoms with E-state index < -0.39 is 0 Å². The smallest absolute Gasteiger partial charge is 0.0664 e. The van der Waals surface area contributed by atoms with Gasteiger partial charge in [0.2, 0.25) is 0 Å². The van der Waals surface area contributed by atoms with Crippen LogP contribution < -0.4 is 0 Å². The van der Waals surface area contributed by atoms with E-state index in [1.165, 1.54) is 11.3 Å². The molecule has 2 rings (SSSR count). The molecule has 0 fully saturated rings. The summed E-state index contributed by atoms with van der Waals surface area (Å²) in [5, 5.41) is 4.31. The number of pyridine rings is 1. The first-order chi connectivity index (χ1) is 6.50. The third-order valence-electron chi connectivity index (χ3n) is 2.61. The Kier molecular flexibility index (Phi) is 1.88. The number of aryl methyl sites for hydroxylation is 1. The lowest BCUT2D eigenvalue weighted by Crippen LogP contribution is -2.15. The highest BCUT2D eigenvalue weighted by Gasteiger charge is 2.17. The van der Waals surface area contributed by atoms with E-state index in [0.717, 1.165) is 5.52 Å². The van der Waals surface area contributed by atoms with Crippen molar-refractivity contribution in [3.8, 4) is 0 Å². The second-order valence-electron chi connectivity index (χ2n) is 4.75. The summed E-state index contributed by atoms with van der Waals surface area (Å²) in [6.45, 7) is 8.81. The average Bonchev–Trinajstić information content (AvgIpc) is 2.50. The fraction of sp³-hybridized carbons (Fsp3) is 0.417. The van der Waals surface area contributed by atoms with E-state index in [0.29, 0.717) is 0 Å². The van der Waals surface area contributed by atoms with Crippen molar-refractivity contribution in [3.05, 3.63) is 35.7 Å². The van der Waals surface area contributed by atoms with Gasteiger partial charge in [-0.15, -0.1) is 0 Å². The fourth-order valence-electron chi connectivity index (χ4n) is 1.92. The number of hydrogen-bond donors (Lipinski definition) is 0. The van der Waals surface area contributed by atoms with Gasteiger partial charge in [0.15, 0.2) is 0 Å². The van der Waals surface area contributed by atoms with Crippen LogP contribution in [0.5, 0.6) is 0 Å². The molecule has 0 aliphatic carbocycles. The molecule has 0 radical (unpaired) electrons. The van der Waals surface area contributed by atoms with Crippen molar-refractivity contribution < 1.29 is 0 Å². The number of nitrogens with zero attached hydrogens (tertiary/aromatic N) is 2. The Morgan fingerprint density at radius 2 is 1.86 bits per heavy atom. The van der Waals surface area contributed by atoms with E-state index in [2.05, 4.69) is 44.9 Å². The minimum absolute atomic E-state index is 0.185. The molecule has 0 N–H and O–H groups in total. The molecule has 0 unspecified atom stereocenters. The Hall–Kier alpha value is -1.31. The van der Waals surface area contributed by atoms with Crippen LogP contribution in [0.4, 0.5) is 0 Å². The monoisotopic (exact) mass is 188 g/mol. The van der Waals surface area contributed by atoms with Gasteiger partial charge in [-0.2, -0.15) is 5.10 Å². The standard InChI is InChI=1S/C12H16N2/c1-9-11(12(2,3)4)6-5-10-7-8-13-14(9)10/h5-8H,1-4H3. The van der Waals surface area contributed by atoms with Crippen LogP contribution in [0.2, 0.25) is 0 Å². The Balaban J connectivity index is 2.74. The lowest BCUT2D eigenvalue weighted by atomic mass is 9.86. The minimum atomic E-state index is 0.185. The molecular formula is C12H16N2. The Bertz CT molecular complexity index is 461. The van der Waals surface area contributed by atoms with Gasteiger partial charge in [-0.1, -0.05) is 26.8 Å². The van der Waals surface area contributed by atoms with Crippen molar-refractivity contribution in [3.63, 3.8) is 0 Å². The molecule has 0 bridgehead atoms. The maximum Gasteiger partial charge on any atom is 0.0664 e. The number of hydrogen-bond acceptors (Lipinski definition) is 1. The third kappa shape index (κ3) is 1.31. The van der Waals surface area contributed by atoms with Crippen LogP contribution in [-0.2, 0) is 5.41 Å². The summed E-state index contributed by atoms with van der Waals surface area (Å²) >= 11 is 0. The van der Waals surface area contributed by atoms with Crippen molar-refractivity contribution in [1.29, 1.82) is 0 Å². The van der Waals surface area contributed by atoms with Crippen LogP contribution in [0.15, 0.2) is 24.4 Å². The first-order valence-corrected chi connectivity index (χ1v) is 4.94. The second kappa shape index (κ2) is 2.84. The molecule has 0 amide bonds. The van der Waals surface area contributed by atoms with Gasteiger partial charge in [-0.25, -0.2) is 4.52 Å². The zero-order valence-corrected chi connectivity index (χ0v) is 9.20. The average molecular weight is 188 g/mol. The van der Waals surface area contributed by atoms with Crippen LogP contribution in [0, 0.1) is 6.92 Å². The molecule has 0 aliphatic heterocycles. The first kappa shape index (κ1) is 9.25. The molecule has 2 aromatic rings. The molecule has 0 saturated carbocycles. The van der Waals surface area contributed by atoms with Crippen molar-refractivity contribution >= 4 is 5.52 Å². The quantitative estimate of drug-likeness (QED) is 0.621. The number of fused-ring (bicyclic) bond motifs is 1. The molecule has 2 heterocycles. The molecule has 0 aliphatic rings. The van der Waals surface area contributed by atoms with Gasteiger partial charge in [0.05, 0.1) is 5.52 Å². The first-order valence-electron chi connectivity index (χ1n) is 4.94. The predicted octanol–water partition coefficient (Wildman–Crippen LogP) is 2.94. The summed E-state index contributed by atoms with van der Waals surface area (Å²) in [5.41, 5.74) is 3.94. The van der Waals surface area contributed by atoms with Crippen molar-refractivity contribution in [2.75, 3.05) is 0 Å². The van der Waals surface area contributed by atoms with Crippen molar-refractivity contribution in [2.45, 2.75) is 33.1 Å². The molecular weight excluding hydrogens is 172 g/mol. The summed E-state index contributed by atoms with van der Waals surface area (Å²) in [6.07, 6.45) is 1.84. The largest absolute Gasteiger partial charge is 0.238 e. The zero-order valence-electron chi connectivity index (χ0n) is 9.20. The molecule has 0 aromatic carbocycles. The molecule has 0 spiro atoms. The van der Waals surface area contributed by atoms with E-state index in [1.54, 1.807) is 0 Å². The summed E-state index contributed by atoms with van der Waals surface area (Å²) in [4.78, 5) is 0. The van der Waals surface area contributed by atoms with Crippen LogP contribution in [-0.4, -0.2) is 9.61 Å². The highest BCUT2D eigenvalue weighted by Crippen LogP contribution is 2.25. The van der Waals surface area contributed by atoms with Gasteiger partial charge in [-0.05, 0) is 30.0 Å². The van der Waals surface area contributed by atoms with Crippen molar-refractivity contribution in [2.24, 2.45) is 0 Å². The third-order valence-corrected chi connectivity index (χ3v) is 2.61. The van der Waals surface area contributed by atoms with Gasteiger partial charge in [0, 0.05) is 11.9 Å². The Labute approximate surface area is 84.6 Å². The van der Waals surface area contributed by atoms with Crippen LogP contribution in [0.3, 0.4) is 0 Å². The summed E-state index contributed by atoms with van der Waals surface area (Å²) in [7, 11) is 0. The minimum Gasteiger partial charge on any atom is -0.238 e. The van der Waals surface area contributed by atoms with E-state index in [9.17, 15) is 0 Å². The zero-order chi connectivity index (χ0) is 10.3. The highest BCUT2D eigenvalue weighted by atomic mass is 15.2. The second-order valence-corrected chi connectivity index (χ2v) is 4.75. The summed E-state index contributed by atoms with van der Waals surface area (Å²) in [5.74, 6) is 0. The molecule has 0 atom stereocenters.